The van der Waals surface area contributed by atoms with E-state index in [4.69, 9.17) is 23.7 Å². The molecule has 31 heavy (non-hydrogen) atoms. The van der Waals surface area contributed by atoms with Crippen LogP contribution in [0.2, 0.25) is 0 Å². The van der Waals surface area contributed by atoms with Crippen molar-refractivity contribution < 1.29 is 69.6 Å². The Bertz CT molecular complexity index is 581. The lowest BCUT2D eigenvalue weighted by atomic mass is 9.97. The molecular weight excluding hydrogens is 428 g/mol. The lowest BCUT2D eigenvalue weighted by molar-refractivity contribution is -0.369. The molecule has 0 amide bonds. The Labute approximate surface area is 176 Å². The fourth-order valence-corrected chi connectivity index (χ4v) is 3.79. The summed E-state index contributed by atoms with van der Waals surface area (Å²) in [7, 11) is 0. The van der Waals surface area contributed by atoms with E-state index in [9.17, 15) is 46.0 Å². The predicted octanol–water partition coefficient (Wildman–Crippen LogP) is -5.91. The molecule has 0 bridgehead atoms. The SMILES string of the molecule is C[C@@H]1O[C@@H](O[C@H]2C(O)O[C@H](CO)[C@@H](OC3O[C@H](CO)[C@@H](O)[C@@H]3O)[C@@H]2O)[C@H](O)[C@H](O)[C@H]1O. The summed E-state index contributed by atoms with van der Waals surface area (Å²) in [5.41, 5.74) is 0. The normalized spacial score (nSPS) is 53.6. The van der Waals surface area contributed by atoms with Crippen molar-refractivity contribution in [2.24, 2.45) is 0 Å². The van der Waals surface area contributed by atoms with Gasteiger partial charge in [-0.25, -0.2) is 0 Å². The van der Waals surface area contributed by atoms with Crippen molar-refractivity contribution in [1.82, 2.24) is 0 Å². The molecule has 3 aliphatic heterocycles. The molecule has 2 unspecified atom stereocenters. The van der Waals surface area contributed by atoms with Crippen LogP contribution in [0.1, 0.15) is 6.92 Å². The summed E-state index contributed by atoms with van der Waals surface area (Å²) in [5, 5.41) is 89.4. The molecule has 3 saturated heterocycles. The maximum absolute atomic E-state index is 10.7. The second-order valence-electron chi connectivity index (χ2n) is 7.83. The van der Waals surface area contributed by atoms with Gasteiger partial charge in [0.2, 0.25) is 0 Å². The summed E-state index contributed by atoms with van der Waals surface area (Å²) in [6.45, 7) is 0.0829. The lowest BCUT2D eigenvalue weighted by Gasteiger charge is -2.46. The molecule has 9 N–H and O–H groups in total. The number of aliphatic hydroxyl groups is 9. The highest BCUT2D eigenvalue weighted by molar-refractivity contribution is 4.95. The number of hydrogen-bond acceptors (Lipinski definition) is 14. The standard InChI is InChI=1S/C17H30O14/c1-4-7(20)9(22)11(24)16(27-4)31-14-12(25)13(6(3-19)28-15(14)26)30-17-10(23)8(21)5(2-18)29-17/h4-26H,2-3H2,1H3/t4-,5+,6+,7-,8+,9+,10-,11+,12-,13+,14+,15?,16-,17?/m0/s1. The van der Waals surface area contributed by atoms with E-state index in [2.05, 4.69) is 0 Å². The van der Waals surface area contributed by atoms with E-state index in [0.29, 0.717) is 0 Å². The highest BCUT2D eigenvalue weighted by Crippen LogP contribution is 2.32. The van der Waals surface area contributed by atoms with Crippen LogP contribution in [-0.2, 0) is 23.7 Å². The largest absolute Gasteiger partial charge is 0.394 e. The lowest BCUT2D eigenvalue weighted by Crippen LogP contribution is -2.64. The third-order valence-corrected chi connectivity index (χ3v) is 5.70. The molecule has 0 aromatic rings. The minimum absolute atomic E-state index is 0.612. The van der Waals surface area contributed by atoms with E-state index in [1.54, 1.807) is 0 Å². The molecule has 0 aliphatic carbocycles. The topological polar surface area (TPSA) is 228 Å². The molecular formula is C17H30O14. The van der Waals surface area contributed by atoms with Crippen molar-refractivity contribution in [1.29, 1.82) is 0 Å². The van der Waals surface area contributed by atoms with Gasteiger partial charge in [0.15, 0.2) is 18.9 Å². The Morgan fingerprint density at radius 1 is 0.581 bits per heavy atom. The van der Waals surface area contributed by atoms with Crippen LogP contribution < -0.4 is 0 Å². The number of aliphatic hydroxyl groups excluding tert-OH is 9. The first kappa shape index (κ1) is 25.1. The van der Waals surface area contributed by atoms with Gasteiger partial charge >= 0.3 is 0 Å². The zero-order valence-electron chi connectivity index (χ0n) is 16.6. The maximum atomic E-state index is 10.7. The molecule has 0 saturated carbocycles. The Balaban J connectivity index is 1.72. The van der Waals surface area contributed by atoms with E-state index in [0.717, 1.165) is 0 Å². The number of rotatable bonds is 6. The summed E-state index contributed by atoms with van der Waals surface area (Å²) in [5.74, 6) is 0. The van der Waals surface area contributed by atoms with Crippen LogP contribution in [0.4, 0.5) is 0 Å². The van der Waals surface area contributed by atoms with Crippen LogP contribution in [0.15, 0.2) is 0 Å². The Morgan fingerprint density at radius 3 is 1.71 bits per heavy atom. The molecule has 14 atom stereocenters. The third-order valence-electron chi connectivity index (χ3n) is 5.70. The van der Waals surface area contributed by atoms with E-state index in [1.807, 2.05) is 0 Å². The van der Waals surface area contributed by atoms with Crippen LogP contribution in [0.5, 0.6) is 0 Å². The zero-order chi connectivity index (χ0) is 23.0. The molecule has 3 heterocycles. The van der Waals surface area contributed by atoms with Crippen molar-refractivity contribution in [3.63, 3.8) is 0 Å². The summed E-state index contributed by atoms with van der Waals surface area (Å²) in [6.07, 6.45) is -20.8. The van der Waals surface area contributed by atoms with Crippen molar-refractivity contribution in [2.45, 2.75) is 92.9 Å². The Morgan fingerprint density at radius 2 is 1.13 bits per heavy atom. The summed E-state index contributed by atoms with van der Waals surface area (Å²) in [6, 6.07) is 0. The van der Waals surface area contributed by atoms with Gasteiger partial charge in [0.25, 0.3) is 0 Å². The third kappa shape index (κ3) is 4.87. The quantitative estimate of drug-likeness (QED) is 0.181. The van der Waals surface area contributed by atoms with Gasteiger partial charge < -0.3 is 69.6 Å². The van der Waals surface area contributed by atoms with Gasteiger partial charge in [0.05, 0.1) is 19.3 Å². The van der Waals surface area contributed by atoms with Crippen LogP contribution >= 0.6 is 0 Å². The van der Waals surface area contributed by atoms with Crippen molar-refractivity contribution in [3.8, 4) is 0 Å². The van der Waals surface area contributed by atoms with E-state index in [-0.39, 0.29) is 0 Å². The minimum Gasteiger partial charge on any atom is -0.394 e. The zero-order valence-corrected chi connectivity index (χ0v) is 16.6. The van der Waals surface area contributed by atoms with E-state index >= 15 is 0 Å². The Hall–Kier alpha value is -0.560. The summed E-state index contributed by atoms with van der Waals surface area (Å²) in [4.78, 5) is 0. The first-order chi connectivity index (χ1) is 14.6. The molecule has 0 aromatic heterocycles. The fourth-order valence-electron chi connectivity index (χ4n) is 3.79. The van der Waals surface area contributed by atoms with Gasteiger partial charge in [-0.05, 0) is 6.92 Å². The molecule has 0 spiro atoms. The molecule has 14 nitrogen and oxygen atoms in total. The maximum Gasteiger partial charge on any atom is 0.187 e. The summed E-state index contributed by atoms with van der Waals surface area (Å²) < 4.78 is 26.6. The van der Waals surface area contributed by atoms with Crippen LogP contribution in [-0.4, -0.2) is 145 Å². The summed E-state index contributed by atoms with van der Waals surface area (Å²) >= 11 is 0. The van der Waals surface area contributed by atoms with Crippen LogP contribution in [0.25, 0.3) is 0 Å². The van der Waals surface area contributed by atoms with E-state index in [1.165, 1.54) is 6.92 Å². The molecule has 3 fully saturated rings. The predicted molar refractivity (Wildman–Crippen MR) is 93.8 cm³/mol. The van der Waals surface area contributed by atoms with Crippen molar-refractivity contribution in [3.05, 3.63) is 0 Å². The van der Waals surface area contributed by atoms with Gasteiger partial charge in [-0.3, -0.25) is 0 Å². The minimum atomic E-state index is -1.81. The van der Waals surface area contributed by atoms with Crippen molar-refractivity contribution in [2.75, 3.05) is 13.2 Å². The second-order valence-corrected chi connectivity index (χ2v) is 7.83. The smallest absolute Gasteiger partial charge is 0.187 e. The molecule has 182 valence electrons. The van der Waals surface area contributed by atoms with Gasteiger partial charge in [-0.15, -0.1) is 0 Å². The molecule has 3 rings (SSSR count). The number of ether oxygens (including phenoxy) is 5. The van der Waals surface area contributed by atoms with Gasteiger partial charge in [0.1, 0.15) is 61.0 Å². The second kappa shape index (κ2) is 10.1. The first-order valence-electron chi connectivity index (χ1n) is 9.86. The highest BCUT2D eigenvalue weighted by Gasteiger charge is 2.53. The van der Waals surface area contributed by atoms with Crippen LogP contribution in [0, 0.1) is 0 Å². The van der Waals surface area contributed by atoms with Crippen LogP contribution in [0.3, 0.4) is 0 Å². The monoisotopic (exact) mass is 458 g/mol. The molecule has 3 aliphatic rings. The van der Waals surface area contributed by atoms with Crippen molar-refractivity contribution >= 4 is 0 Å². The van der Waals surface area contributed by atoms with E-state index < -0.39 is 99.2 Å². The fraction of sp³-hybridized carbons (Fsp3) is 1.00. The van der Waals surface area contributed by atoms with Gasteiger partial charge in [0, 0.05) is 0 Å². The molecule has 14 heteroatoms. The average molecular weight is 458 g/mol. The van der Waals surface area contributed by atoms with Gasteiger partial charge in [-0.1, -0.05) is 0 Å². The highest BCUT2D eigenvalue weighted by atomic mass is 16.8. The Kier molecular flexibility index (Phi) is 8.21. The van der Waals surface area contributed by atoms with Gasteiger partial charge in [-0.2, -0.15) is 0 Å². The first-order valence-corrected chi connectivity index (χ1v) is 9.86. The average Bonchev–Trinajstić information content (AvgIpc) is 3.02. The molecule has 0 radical (unpaired) electrons. The number of hydrogen-bond donors (Lipinski definition) is 9. The molecule has 0 aromatic carbocycles.